The summed E-state index contributed by atoms with van der Waals surface area (Å²) < 4.78 is 23.0. The summed E-state index contributed by atoms with van der Waals surface area (Å²) in [5.41, 5.74) is 24.6. The van der Waals surface area contributed by atoms with Gasteiger partial charge in [0.2, 0.25) is 0 Å². The van der Waals surface area contributed by atoms with E-state index in [1.54, 1.807) is 4.68 Å². The molecule has 0 radical (unpaired) electrons. The molecule has 14 aromatic heterocycles. The zero-order chi connectivity index (χ0) is 93.8. The molecule has 0 fully saturated rings. The van der Waals surface area contributed by atoms with E-state index >= 15 is 0 Å². The van der Waals surface area contributed by atoms with Crippen molar-refractivity contribution in [3.63, 3.8) is 0 Å². The largest absolute Gasteiger partial charge is 2.00 e. The van der Waals surface area contributed by atoms with Crippen LogP contribution in [-0.2, 0) is 63.2 Å². The number of aromatic nitrogens is 20. The average molecular weight is 2420 g/mol. The molecule has 0 aliphatic rings. The third-order valence-corrected chi connectivity index (χ3v) is 27.6. The molecule has 0 unspecified atom stereocenters. The zero-order valence-corrected chi connectivity index (χ0v) is 83.8. The van der Waals surface area contributed by atoms with E-state index in [2.05, 4.69) is 455 Å². The van der Waals surface area contributed by atoms with Crippen LogP contribution in [0.15, 0.2) is 438 Å². The first kappa shape index (κ1) is 88.3. The smallest absolute Gasteiger partial charge is 0.358 e. The van der Waals surface area contributed by atoms with Crippen LogP contribution in [-0.4, -0.2) is 96.5 Å². The Labute approximate surface area is 875 Å². The zero-order valence-electron chi connectivity index (χ0n) is 77.0. The number of nitrogens with zero attached hydrogens (tertiary/aromatic N) is 20. The van der Waals surface area contributed by atoms with Gasteiger partial charge in [-0.1, -0.05) is 279 Å². The predicted octanol–water partition coefficient (Wildman–Crippen LogP) is 27.2. The minimum Gasteiger partial charge on any atom is -0.358 e. The number of pyridine rings is 3. The first-order chi connectivity index (χ1) is 71.0. The number of benzene rings is 17. The van der Waals surface area contributed by atoms with Crippen LogP contribution in [0, 0.1) is 36.4 Å². The fourth-order valence-electron chi connectivity index (χ4n) is 21.5. The maximum Gasteiger partial charge on any atom is 2.00 e. The monoisotopic (exact) mass is 2410 g/mol. The minimum absolute atomic E-state index is 0. The van der Waals surface area contributed by atoms with Crippen molar-refractivity contribution in [1.29, 1.82) is 0 Å². The van der Waals surface area contributed by atoms with E-state index in [0.717, 1.165) is 217 Å². The van der Waals surface area contributed by atoms with Crippen molar-refractivity contribution in [3.8, 4) is 74.3 Å². The van der Waals surface area contributed by atoms with Crippen molar-refractivity contribution in [2.75, 3.05) is 0 Å². The van der Waals surface area contributed by atoms with E-state index in [1.807, 2.05) is 101 Å². The van der Waals surface area contributed by atoms with Gasteiger partial charge in [0.25, 0.3) is 0 Å². The molecule has 0 aliphatic heterocycles. The topological polar surface area (TPSA) is 170 Å². The van der Waals surface area contributed by atoms with Crippen LogP contribution >= 0.6 is 0 Å². The van der Waals surface area contributed by atoms with Gasteiger partial charge in [0.15, 0.2) is 17.5 Å². The molecule has 0 amide bonds. The molecular weight excluding hydrogens is 2340 g/mol. The van der Waals surface area contributed by atoms with Gasteiger partial charge in [-0.15, -0.1) is 128 Å². The summed E-state index contributed by atoms with van der Waals surface area (Å²) >= 11 is 0. The summed E-state index contributed by atoms with van der Waals surface area (Å²) in [5.74, 6) is 3.10. The predicted molar refractivity (Wildman–Crippen MR) is 571 cm³/mol. The molecule has 0 atom stereocenters. The van der Waals surface area contributed by atoms with E-state index < -0.39 is 0 Å². The van der Waals surface area contributed by atoms with E-state index in [0.29, 0.717) is 0 Å². The van der Waals surface area contributed by atoms with Crippen molar-refractivity contribution in [3.05, 3.63) is 474 Å². The second-order valence-electron chi connectivity index (χ2n) is 35.5. The van der Waals surface area contributed by atoms with Gasteiger partial charge in [-0.3, -0.25) is 13.7 Å². The number of rotatable bonds is 12. The molecule has 0 bridgehead atoms. The molecule has 0 saturated carbocycles. The summed E-state index contributed by atoms with van der Waals surface area (Å²) in [7, 11) is 0. The van der Waals surface area contributed by atoms with Gasteiger partial charge in [0.1, 0.15) is 11.5 Å². The van der Waals surface area contributed by atoms with Gasteiger partial charge >= 0.3 is 63.2 Å². The van der Waals surface area contributed by atoms with Crippen molar-refractivity contribution in [2.24, 2.45) is 0 Å². The molecular formula is C123H72N20Pt3. The molecule has 0 N–H and O–H groups in total. The van der Waals surface area contributed by atoms with Crippen LogP contribution in [0.5, 0.6) is 0 Å². The van der Waals surface area contributed by atoms with Gasteiger partial charge in [0, 0.05) is 83.7 Å². The van der Waals surface area contributed by atoms with E-state index in [-0.39, 0.29) is 63.2 Å². The normalized spacial score (nSPS) is 11.7. The molecule has 0 spiro atoms. The van der Waals surface area contributed by atoms with Crippen LogP contribution in [0.25, 0.3) is 249 Å². The van der Waals surface area contributed by atoms with E-state index in [1.165, 1.54) is 32.3 Å². The fraction of sp³-hybridized carbons (Fsp3) is 0. The molecule has 20 nitrogen and oxygen atoms in total. The second-order valence-corrected chi connectivity index (χ2v) is 35.5. The minimum atomic E-state index is 0. The molecule has 0 aliphatic carbocycles. The molecule has 23 heteroatoms. The Kier molecular flexibility index (Phi) is 21.7. The van der Waals surface area contributed by atoms with Crippen LogP contribution in [0.3, 0.4) is 0 Å². The van der Waals surface area contributed by atoms with Crippen molar-refractivity contribution in [1.82, 2.24) is 96.5 Å². The molecule has 0 saturated heterocycles. The summed E-state index contributed by atoms with van der Waals surface area (Å²) in [4.78, 5) is 14.1. The summed E-state index contributed by atoms with van der Waals surface area (Å²) in [6.45, 7) is 0. The summed E-state index contributed by atoms with van der Waals surface area (Å²) in [5, 5.41) is 46.2. The van der Waals surface area contributed by atoms with Gasteiger partial charge in [-0.05, 0) is 147 Å². The maximum atomic E-state index is 4.80. The third-order valence-electron chi connectivity index (χ3n) is 27.6. The van der Waals surface area contributed by atoms with Crippen LogP contribution in [0.2, 0.25) is 0 Å². The first-order valence-corrected chi connectivity index (χ1v) is 47.3. The standard InChI is InChI=1S/2C43H25N7.C37H22N6.3Pt/c1-5-18-37-33(15-1)35-23-22-28(47-27-42(45-46-47)50-39-20-7-2-13-31(39)32-14-3-8-21-40(32)50)26-41(35)48(37)29-11-9-12-30(25-29)49-38-19-6-4-16-34(38)36-17-10-24-44-43(36)49;1-5-15-36-32(13-1)34-22-20-28(47-27-43(45-46-47)49-37-16-6-2-11-30(37)31-12-3-7-17-38(31)49)25-40(34)48(36)29-21-23-35-33-14-4-8-18-39(33)50(41(35)26-29)42-19-9-10-24-44-42;1-4-16-33-30(14-1)31-20-19-25(32-15-7-8-21-38-32)22-36(31)42(33)27-11-9-10-26(23-27)41-24-37(39-40-41)43-34-17-5-2-12-28(34)29-13-3-6-18-35(29)43;;;/h2*1-24,27H;1-21,24H;;;/q3*-2;3*+2. The fourth-order valence-corrected chi connectivity index (χ4v) is 21.5. The Hall–Kier alpha value is -17.9. The number of hydrogen-bond donors (Lipinski definition) is 0. The maximum absolute atomic E-state index is 4.80. The molecule has 14 heterocycles. The SMILES string of the molecule is [Pt+2].[Pt+2].[Pt+2].[c-]1c(-n2c3[c-]c(-n4cc(-n5c6ccccc6c6ccccc65)nn4)ccc3c3ccccc32)cccc1-n1c2ccccc2c2cccnc21.[c-]1c(-n2cc(-n3c4ccccc4c4ccccc43)nn2)ccc2c3ccccc3n(-c3[c-]c4c(cc3)c3ccccc3n4-c3ccccn3)c12.[c-]1c(-n2cc(-n3c4ccccc4c4ccccc43)nn2)cccc1-n1c2[c-]c(-c3ccccn3)ccc2c2ccccc21. The van der Waals surface area contributed by atoms with Gasteiger partial charge < -0.3 is 27.8 Å². The average Bonchev–Trinajstić information content (AvgIpc) is 1.54. The van der Waals surface area contributed by atoms with Crippen LogP contribution < -0.4 is 0 Å². The van der Waals surface area contributed by atoms with Crippen molar-refractivity contribution < 1.29 is 63.2 Å². The van der Waals surface area contributed by atoms with Gasteiger partial charge in [-0.25, -0.2) is 24.0 Å². The Bertz CT molecular complexity index is 10400. The molecule has 31 aromatic rings. The van der Waals surface area contributed by atoms with Crippen molar-refractivity contribution in [2.45, 2.75) is 0 Å². The van der Waals surface area contributed by atoms with E-state index in [4.69, 9.17) is 9.97 Å². The molecule has 31 rings (SSSR count). The third kappa shape index (κ3) is 14.2. The molecule has 694 valence electrons. The Balaban J connectivity index is 0.000000111. The Morgan fingerprint density at radius 1 is 0.164 bits per heavy atom. The molecule has 17 aromatic carbocycles. The summed E-state index contributed by atoms with van der Waals surface area (Å²) in [6.07, 6.45) is 11.4. The molecule has 146 heavy (non-hydrogen) atoms. The van der Waals surface area contributed by atoms with Gasteiger partial charge in [0.05, 0.1) is 57.2 Å². The number of hydrogen-bond acceptors (Lipinski definition) is 9. The first-order valence-electron chi connectivity index (χ1n) is 47.3. The quantitative estimate of drug-likeness (QED) is 0.108. The van der Waals surface area contributed by atoms with Crippen LogP contribution in [0.4, 0.5) is 0 Å². The van der Waals surface area contributed by atoms with Crippen molar-refractivity contribution >= 4 is 175 Å². The van der Waals surface area contributed by atoms with Gasteiger partial charge in [-0.2, -0.15) is 30.3 Å². The summed E-state index contributed by atoms with van der Waals surface area (Å²) in [6, 6.07) is 161. The Morgan fingerprint density at radius 2 is 0.432 bits per heavy atom. The number of fused-ring (bicyclic) bond motifs is 24. The van der Waals surface area contributed by atoms with Crippen LogP contribution in [0.1, 0.15) is 0 Å². The van der Waals surface area contributed by atoms with E-state index in [9.17, 15) is 0 Å². The Morgan fingerprint density at radius 3 is 0.815 bits per heavy atom. The number of para-hydroxylation sites is 11. The second kappa shape index (κ2) is 35.9.